The number of aromatic nitrogens is 2. The van der Waals surface area contributed by atoms with E-state index in [1.165, 1.54) is 24.0 Å². The first-order valence-corrected chi connectivity index (χ1v) is 7.94. The van der Waals surface area contributed by atoms with E-state index in [0.717, 1.165) is 0 Å². The van der Waals surface area contributed by atoms with Gasteiger partial charge in [-0.05, 0) is 19.1 Å². The van der Waals surface area contributed by atoms with E-state index in [1.807, 2.05) is 0 Å². The van der Waals surface area contributed by atoms with Crippen LogP contribution in [0, 0.1) is 0 Å². The fourth-order valence-electron chi connectivity index (χ4n) is 1.95. The van der Waals surface area contributed by atoms with Gasteiger partial charge in [0.25, 0.3) is 5.91 Å². The quantitative estimate of drug-likeness (QED) is 0.683. The van der Waals surface area contributed by atoms with Crippen molar-refractivity contribution in [3.05, 3.63) is 41.6 Å². The maximum absolute atomic E-state index is 12.3. The van der Waals surface area contributed by atoms with Gasteiger partial charge in [-0.2, -0.15) is 0 Å². The Morgan fingerprint density at radius 1 is 1.38 bits per heavy atom. The van der Waals surface area contributed by atoms with Gasteiger partial charge in [-0.1, -0.05) is 0 Å². The lowest BCUT2D eigenvalue weighted by atomic mass is 10.2. The first-order chi connectivity index (χ1) is 11.7. The smallest absolute Gasteiger partial charge is 0.311 e. The molecule has 9 heteroatoms. The minimum absolute atomic E-state index is 0.0574. The summed E-state index contributed by atoms with van der Waals surface area (Å²) in [4.78, 5) is 31.8. The van der Waals surface area contributed by atoms with Gasteiger partial charge in [-0.15, -0.1) is 11.3 Å². The molecule has 0 aliphatic rings. The second-order valence-electron chi connectivity index (χ2n) is 4.59. The monoisotopic (exact) mass is 347 g/mol. The summed E-state index contributed by atoms with van der Waals surface area (Å²) in [5.74, 6) is -0.204. The number of hydrogen-bond acceptors (Lipinski definition) is 8. The highest BCUT2D eigenvalue weighted by atomic mass is 32.1. The zero-order valence-corrected chi connectivity index (χ0v) is 13.5. The van der Waals surface area contributed by atoms with E-state index in [1.54, 1.807) is 24.4 Å². The molecule has 124 valence electrons. The maximum Gasteiger partial charge on any atom is 0.311 e. The first-order valence-electron chi connectivity index (χ1n) is 7.06. The molecule has 0 aliphatic carbocycles. The van der Waals surface area contributed by atoms with Crippen molar-refractivity contribution in [2.24, 2.45) is 0 Å². The summed E-state index contributed by atoms with van der Waals surface area (Å²) < 4.78 is 15.3. The molecule has 3 aromatic rings. The number of carbonyl (C=O) groups excluding carboxylic acids is 2. The van der Waals surface area contributed by atoms with E-state index < -0.39 is 5.91 Å². The summed E-state index contributed by atoms with van der Waals surface area (Å²) in [5, 5.41) is 4.66. The van der Waals surface area contributed by atoms with Gasteiger partial charge in [0.1, 0.15) is 0 Å². The molecule has 0 spiro atoms. The summed E-state index contributed by atoms with van der Waals surface area (Å²) in [6.45, 7) is 2.05. The Labute approximate surface area is 140 Å². The molecule has 0 radical (unpaired) electrons. The molecule has 3 aromatic heterocycles. The van der Waals surface area contributed by atoms with Crippen molar-refractivity contribution in [2.45, 2.75) is 13.3 Å². The molecule has 0 bridgehead atoms. The number of carbonyl (C=O) groups is 2. The molecule has 3 rings (SSSR count). The third-order valence-corrected chi connectivity index (χ3v) is 3.74. The van der Waals surface area contributed by atoms with Crippen LogP contribution in [-0.4, -0.2) is 28.5 Å². The van der Waals surface area contributed by atoms with Gasteiger partial charge in [-0.25, -0.2) is 9.97 Å². The van der Waals surface area contributed by atoms with Crippen LogP contribution in [0.2, 0.25) is 0 Å². The van der Waals surface area contributed by atoms with Crippen molar-refractivity contribution in [1.29, 1.82) is 0 Å². The largest absolute Gasteiger partial charge is 0.466 e. The lowest BCUT2D eigenvalue weighted by Gasteiger charge is -2.00. The van der Waals surface area contributed by atoms with Crippen LogP contribution in [-0.2, 0) is 16.0 Å². The number of rotatable bonds is 6. The van der Waals surface area contributed by atoms with Crippen molar-refractivity contribution < 1.29 is 23.2 Å². The number of ether oxygens (including phenoxy) is 1. The van der Waals surface area contributed by atoms with Gasteiger partial charge in [0.05, 0.1) is 25.0 Å². The highest BCUT2D eigenvalue weighted by Gasteiger charge is 2.21. The number of nitrogens with zero attached hydrogens (tertiary/aromatic N) is 2. The second-order valence-corrected chi connectivity index (χ2v) is 5.45. The second kappa shape index (κ2) is 7.09. The minimum atomic E-state index is -0.479. The Kier molecular flexibility index (Phi) is 4.71. The van der Waals surface area contributed by atoms with Gasteiger partial charge >= 0.3 is 5.97 Å². The third kappa shape index (κ3) is 3.51. The molecule has 8 nitrogen and oxygen atoms in total. The molecule has 0 saturated heterocycles. The van der Waals surface area contributed by atoms with Gasteiger partial charge in [0, 0.05) is 5.38 Å². The van der Waals surface area contributed by atoms with Crippen LogP contribution >= 0.6 is 11.3 Å². The van der Waals surface area contributed by atoms with E-state index >= 15 is 0 Å². The fourth-order valence-corrected chi connectivity index (χ4v) is 2.66. The van der Waals surface area contributed by atoms with Crippen molar-refractivity contribution in [3.63, 3.8) is 0 Å². The van der Waals surface area contributed by atoms with E-state index in [-0.39, 0.29) is 23.8 Å². The number of oxazole rings is 1. The van der Waals surface area contributed by atoms with Crippen molar-refractivity contribution in [2.75, 3.05) is 11.9 Å². The van der Waals surface area contributed by atoms with E-state index in [9.17, 15) is 9.59 Å². The third-order valence-electron chi connectivity index (χ3n) is 2.93. The normalized spacial score (nSPS) is 10.5. The van der Waals surface area contributed by atoms with Crippen LogP contribution in [0.3, 0.4) is 0 Å². The zero-order chi connectivity index (χ0) is 16.9. The summed E-state index contributed by atoms with van der Waals surface area (Å²) in [7, 11) is 0. The van der Waals surface area contributed by atoms with Gasteiger partial charge in [0.2, 0.25) is 5.76 Å². The molecule has 1 N–H and O–H groups in total. The highest BCUT2D eigenvalue weighted by Crippen LogP contribution is 2.25. The minimum Gasteiger partial charge on any atom is -0.466 e. The van der Waals surface area contributed by atoms with Crippen LogP contribution in [0.1, 0.15) is 23.1 Å². The van der Waals surface area contributed by atoms with Crippen molar-refractivity contribution >= 4 is 28.3 Å². The molecule has 24 heavy (non-hydrogen) atoms. The Balaban J connectivity index is 1.69. The fraction of sp³-hybridized carbons (Fsp3) is 0.200. The predicted molar refractivity (Wildman–Crippen MR) is 84.6 cm³/mol. The topological polar surface area (TPSA) is 107 Å². The number of esters is 1. The van der Waals surface area contributed by atoms with Crippen LogP contribution in [0.4, 0.5) is 5.13 Å². The molecule has 3 heterocycles. The van der Waals surface area contributed by atoms with Crippen molar-refractivity contribution in [1.82, 2.24) is 9.97 Å². The maximum atomic E-state index is 12.3. The van der Waals surface area contributed by atoms with Gasteiger partial charge < -0.3 is 13.6 Å². The lowest BCUT2D eigenvalue weighted by Crippen LogP contribution is -2.13. The Morgan fingerprint density at radius 3 is 3.00 bits per heavy atom. The SMILES string of the molecule is CCOC(=O)Cc1csc(NC(=O)c2ncoc2-c2ccco2)n1. The van der Waals surface area contributed by atoms with Crippen molar-refractivity contribution in [3.8, 4) is 11.5 Å². The number of thiazole rings is 1. The van der Waals surface area contributed by atoms with Crippen LogP contribution in [0.25, 0.3) is 11.5 Å². The molecule has 0 atom stereocenters. The molecule has 0 aliphatic heterocycles. The molecular weight excluding hydrogens is 334 g/mol. The number of hydrogen-bond donors (Lipinski definition) is 1. The van der Waals surface area contributed by atoms with Crippen LogP contribution < -0.4 is 5.32 Å². The average molecular weight is 347 g/mol. The molecular formula is C15H13N3O5S. The Morgan fingerprint density at radius 2 is 2.25 bits per heavy atom. The number of nitrogens with one attached hydrogen (secondary N) is 1. The molecule has 0 fully saturated rings. The summed E-state index contributed by atoms with van der Waals surface area (Å²) in [6, 6.07) is 3.35. The highest BCUT2D eigenvalue weighted by molar-refractivity contribution is 7.14. The molecule has 0 aromatic carbocycles. The van der Waals surface area contributed by atoms with Gasteiger partial charge in [0.15, 0.2) is 23.0 Å². The van der Waals surface area contributed by atoms with Gasteiger partial charge in [-0.3, -0.25) is 14.9 Å². The number of anilines is 1. The lowest BCUT2D eigenvalue weighted by molar-refractivity contribution is -0.142. The molecule has 0 saturated carbocycles. The molecule has 1 amide bonds. The Hall–Kier alpha value is -2.94. The first kappa shape index (κ1) is 15.9. The standard InChI is InChI=1S/C15H13N3O5S/c1-2-21-11(19)6-9-7-24-15(17-9)18-14(20)12-13(23-8-16-12)10-4-3-5-22-10/h3-5,7-8H,2,6H2,1H3,(H,17,18,20). The predicted octanol–water partition coefficient (Wildman–Crippen LogP) is 2.75. The summed E-state index contributed by atoms with van der Waals surface area (Å²) in [6.07, 6.45) is 2.70. The van der Waals surface area contributed by atoms with E-state index in [2.05, 4.69) is 15.3 Å². The Bertz CT molecular complexity index is 837. The summed E-state index contributed by atoms with van der Waals surface area (Å²) in [5.41, 5.74) is 0.618. The zero-order valence-electron chi connectivity index (χ0n) is 12.6. The van der Waals surface area contributed by atoms with E-state index in [4.69, 9.17) is 13.6 Å². The number of amides is 1. The number of furan rings is 1. The van der Waals surface area contributed by atoms with Crippen LogP contribution in [0.5, 0.6) is 0 Å². The molecule has 0 unspecified atom stereocenters. The summed E-state index contributed by atoms with van der Waals surface area (Å²) >= 11 is 1.21. The van der Waals surface area contributed by atoms with E-state index in [0.29, 0.717) is 23.2 Å². The van der Waals surface area contributed by atoms with Crippen LogP contribution in [0.15, 0.2) is 39.0 Å². The average Bonchev–Trinajstić information content (AvgIpc) is 3.28.